The second kappa shape index (κ2) is 4.65. The molecule has 0 saturated carbocycles. The number of anilines is 1. The molecule has 0 saturated heterocycles. The Hall–Kier alpha value is -1.36. The normalized spacial score (nSPS) is 11.9. The molecule has 3 N–H and O–H groups in total. The monoisotopic (exact) mass is 225 g/mol. The number of nitrogens with zero attached hydrogens (tertiary/aromatic N) is 1. The summed E-state index contributed by atoms with van der Waals surface area (Å²) < 4.78 is 0. The number of aromatic amines is 1. The van der Waals surface area contributed by atoms with Crippen molar-refractivity contribution in [1.82, 2.24) is 9.97 Å². The fraction of sp³-hybridized carbons (Fsp3) is 0.636. The first-order valence-electron chi connectivity index (χ1n) is 5.35. The molecular weight excluding hydrogens is 206 g/mol. The summed E-state index contributed by atoms with van der Waals surface area (Å²) in [6.07, 6.45) is 0. The number of nitrogens with one attached hydrogen (secondary N) is 2. The van der Waals surface area contributed by atoms with Crippen LogP contribution in [0.4, 0.5) is 5.82 Å². The predicted molar refractivity (Wildman–Crippen MR) is 63.7 cm³/mol. The van der Waals surface area contributed by atoms with E-state index in [0.29, 0.717) is 18.2 Å². The van der Waals surface area contributed by atoms with Crippen molar-refractivity contribution in [3.8, 4) is 0 Å². The van der Waals surface area contributed by atoms with Gasteiger partial charge in [-0.15, -0.1) is 0 Å². The standard InChI is InChI=1S/C11H19N3O2/c1-7(2)10-13-8(5-9(15)14-10)12-6-11(3,4)16/h5,7,16H,6H2,1-4H3,(H2,12,13,14,15). The Morgan fingerprint density at radius 2 is 2.19 bits per heavy atom. The average molecular weight is 225 g/mol. The van der Waals surface area contributed by atoms with Crippen molar-refractivity contribution < 1.29 is 5.11 Å². The molecule has 0 aliphatic carbocycles. The molecule has 5 nitrogen and oxygen atoms in total. The lowest BCUT2D eigenvalue weighted by Crippen LogP contribution is -2.30. The molecule has 0 radical (unpaired) electrons. The Bertz CT molecular complexity index is 404. The first-order valence-corrected chi connectivity index (χ1v) is 5.35. The summed E-state index contributed by atoms with van der Waals surface area (Å²) in [5, 5.41) is 12.5. The van der Waals surface area contributed by atoms with Gasteiger partial charge in [0.15, 0.2) is 0 Å². The molecule has 90 valence electrons. The van der Waals surface area contributed by atoms with Gasteiger partial charge in [-0.3, -0.25) is 4.79 Å². The first kappa shape index (κ1) is 12.7. The van der Waals surface area contributed by atoms with E-state index >= 15 is 0 Å². The number of H-pyrrole nitrogens is 1. The fourth-order valence-electron chi connectivity index (χ4n) is 1.15. The van der Waals surface area contributed by atoms with Gasteiger partial charge in [0.05, 0.1) is 5.60 Å². The molecule has 5 heteroatoms. The lowest BCUT2D eigenvalue weighted by atomic mass is 10.1. The van der Waals surface area contributed by atoms with Crippen LogP contribution in [-0.4, -0.2) is 27.2 Å². The van der Waals surface area contributed by atoms with E-state index in [2.05, 4.69) is 15.3 Å². The van der Waals surface area contributed by atoms with Crippen LogP contribution in [0.1, 0.15) is 39.4 Å². The Kier molecular flexibility index (Phi) is 3.70. The molecule has 0 aromatic carbocycles. The molecule has 1 heterocycles. The van der Waals surface area contributed by atoms with Crippen LogP contribution in [0.5, 0.6) is 0 Å². The van der Waals surface area contributed by atoms with E-state index in [4.69, 9.17) is 0 Å². The molecule has 16 heavy (non-hydrogen) atoms. The minimum Gasteiger partial charge on any atom is -0.389 e. The molecule has 0 unspecified atom stereocenters. The fourth-order valence-corrected chi connectivity index (χ4v) is 1.15. The number of hydrogen-bond donors (Lipinski definition) is 3. The quantitative estimate of drug-likeness (QED) is 0.716. The van der Waals surface area contributed by atoms with Gasteiger partial charge >= 0.3 is 0 Å². The van der Waals surface area contributed by atoms with E-state index < -0.39 is 5.60 Å². The minimum atomic E-state index is -0.831. The molecule has 0 aliphatic rings. The number of aliphatic hydroxyl groups is 1. The van der Waals surface area contributed by atoms with E-state index in [0.717, 1.165) is 0 Å². The highest BCUT2D eigenvalue weighted by atomic mass is 16.3. The van der Waals surface area contributed by atoms with Crippen LogP contribution in [-0.2, 0) is 0 Å². The Morgan fingerprint density at radius 3 is 2.69 bits per heavy atom. The van der Waals surface area contributed by atoms with Crippen LogP contribution in [0.25, 0.3) is 0 Å². The SMILES string of the molecule is CC(C)c1nc(NCC(C)(C)O)cc(=O)[nH]1. The molecule has 1 aromatic heterocycles. The van der Waals surface area contributed by atoms with Crippen LogP contribution >= 0.6 is 0 Å². The predicted octanol–water partition coefficient (Wildman–Crippen LogP) is 1.08. The minimum absolute atomic E-state index is 0.164. The van der Waals surface area contributed by atoms with Gasteiger partial charge in [0.25, 0.3) is 5.56 Å². The third kappa shape index (κ3) is 4.02. The highest BCUT2D eigenvalue weighted by molar-refractivity contribution is 5.33. The number of rotatable bonds is 4. The topological polar surface area (TPSA) is 78.0 Å². The van der Waals surface area contributed by atoms with Crippen molar-refractivity contribution >= 4 is 5.82 Å². The molecular formula is C11H19N3O2. The van der Waals surface area contributed by atoms with Crippen LogP contribution in [0.15, 0.2) is 10.9 Å². The van der Waals surface area contributed by atoms with Gasteiger partial charge in [0.1, 0.15) is 11.6 Å². The van der Waals surface area contributed by atoms with E-state index in [1.165, 1.54) is 6.07 Å². The molecule has 1 rings (SSSR count). The van der Waals surface area contributed by atoms with Crippen molar-refractivity contribution in [3.63, 3.8) is 0 Å². The Labute approximate surface area is 94.9 Å². The number of hydrogen-bond acceptors (Lipinski definition) is 4. The zero-order valence-electron chi connectivity index (χ0n) is 10.2. The molecule has 0 bridgehead atoms. The summed E-state index contributed by atoms with van der Waals surface area (Å²) in [6, 6.07) is 1.39. The molecule has 1 aromatic rings. The van der Waals surface area contributed by atoms with Gasteiger partial charge in [-0.2, -0.15) is 0 Å². The van der Waals surface area contributed by atoms with Gasteiger partial charge in [-0.25, -0.2) is 4.98 Å². The second-order valence-electron chi connectivity index (χ2n) is 4.84. The van der Waals surface area contributed by atoms with E-state index in [1.54, 1.807) is 13.8 Å². The van der Waals surface area contributed by atoms with Gasteiger partial charge in [-0.05, 0) is 13.8 Å². The molecule has 0 atom stereocenters. The largest absolute Gasteiger partial charge is 0.389 e. The summed E-state index contributed by atoms with van der Waals surface area (Å²) in [7, 11) is 0. The lowest BCUT2D eigenvalue weighted by Gasteiger charge is -2.18. The maximum Gasteiger partial charge on any atom is 0.252 e. The van der Waals surface area contributed by atoms with E-state index in [-0.39, 0.29) is 11.5 Å². The second-order valence-corrected chi connectivity index (χ2v) is 4.84. The zero-order chi connectivity index (χ0) is 12.3. The zero-order valence-corrected chi connectivity index (χ0v) is 10.2. The molecule has 0 amide bonds. The van der Waals surface area contributed by atoms with E-state index in [1.807, 2.05) is 13.8 Å². The third-order valence-electron chi connectivity index (χ3n) is 2.01. The summed E-state index contributed by atoms with van der Waals surface area (Å²) in [6.45, 7) is 7.64. The summed E-state index contributed by atoms with van der Waals surface area (Å²) >= 11 is 0. The number of aromatic nitrogens is 2. The maximum absolute atomic E-state index is 11.3. The van der Waals surface area contributed by atoms with Gasteiger partial charge < -0.3 is 15.4 Å². The van der Waals surface area contributed by atoms with Crippen molar-refractivity contribution in [2.24, 2.45) is 0 Å². The smallest absolute Gasteiger partial charge is 0.252 e. The van der Waals surface area contributed by atoms with E-state index in [9.17, 15) is 9.90 Å². The molecule has 0 aliphatic heterocycles. The molecule has 0 spiro atoms. The van der Waals surface area contributed by atoms with Gasteiger partial charge in [0.2, 0.25) is 0 Å². The summed E-state index contributed by atoms with van der Waals surface area (Å²) in [4.78, 5) is 18.3. The lowest BCUT2D eigenvalue weighted by molar-refractivity contribution is 0.0944. The third-order valence-corrected chi connectivity index (χ3v) is 2.01. The first-order chi connectivity index (χ1) is 7.28. The van der Waals surface area contributed by atoms with Crippen molar-refractivity contribution in [3.05, 3.63) is 22.2 Å². The van der Waals surface area contributed by atoms with Gasteiger partial charge in [0, 0.05) is 18.5 Å². The van der Waals surface area contributed by atoms with Gasteiger partial charge in [-0.1, -0.05) is 13.8 Å². The van der Waals surface area contributed by atoms with Crippen molar-refractivity contribution in [1.29, 1.82) is 0 Å². The highest BCUT2D eigenvalue weighted by Crippen LogP contribution is 2.10. The summed E-state index contributed by atoms with van der Waals surface area (Å²) in [5.74, 6) is 1.30. The summed E-state index contributed by atoms with van der Waals surface area (Å²) in [5.41, 5.74) is -1.01. The van der Waals surface area contributed by atoms with Crippen LogP contribution in [0.3, 0.4) is 0 Å². The Balaban J connectivity index is 2.85. The van der Waals surface area contributed by atoms with Crippen LogP contribution in [0.2, 0.25) is 0 Å². The van der Waals surface area contributed by atoms with Crippen molar-refractivity contribution in [2.75, 3.05) is 11.9 Å². The van der Waals surface area contributed by atoms with Crippen LogP contribution < -0.4 is 10.9 Å². The maximum atomic E-state index is 11.3. The Morgan fingerprint density at radius 1 is 1.56 bits per heavy atom. The molecule has 0 fully saturated rings. The van der Waals surface area contributed by atoms with Crippen LogP contribution in [0, 0.1) is 0 Å². The highest BCUT2D eigenvalue weighted by Gasteiger charge is 2.12. The van der Waals surface area contributed by atoms with Crippen molar-refractivity contribution in [2.45, 2.75) is 39.2 Å². The average Bonchev–Trinajstić information content (AvgIpc) is 2.13.